The van der Waals surface area contributed by atoms with E-state index in [1.165, 1.54) is 26.0 Å². The van der Waals surface area contributed by atoms with Crippen LogP contribution in [-0.4, -0.2) is 113 Å². The monoisotopic (exact) mass is 869 g/mol. The number of fused-ring (bicyclic) bond motifs is 5. The molecule has 0 spiro atoms. The third-order valence-electron chi connectivity index (χ3n) is 13.6. The molecule has 0 unspecified atom stereocenters. The van der Waals surface area contributed by atoms with Gasteiger partial charge < -0.3 is 49.1 Å². The zero-order valence-corrected chi connectivity index (χ0v) is 35.6. The van der Waals surface area contributed by atoms with Gasteiger partial charge in [0.1, 0.15) is 23.9 Å². The van der Waals surface area contributed by atoms with Crippen LogP contribution < -0.4 is 5.32 Å². The quantitative estimate of drug-likeness (QED) is 0.128. The summed E-state index contributed by atoms with van der Waals surface area (Å²) in [7, 11) is 1.07. The van der Waals surface area contributed by atoms with Crippen molar-refractivity contribution in [3.8, 4) is 0 Å². The molecular formula is C47H51NO15. The van der Waals surface area contributed by atoms with Crippen molar-refractivity contribution in [2.75, 3.05) is 13.7 Å². The average Bonchev–Trinajstić information content (AvgIpc) is 3.26. The second-order valence-electron chi connectivity index (χ2n) is 17.3. The molecule has 4 aliphatic rings. The average molecular weight is 870 g/mol. The highest BCUT2D eigenvalue weighted by Gasteiger charge is 2.78. The van der Waals surface area contributed by atoms with Crippen LogP contribution in [0.15, 0.2) is 102 Å². The highest BCUT2D eigenvalue weighted by molar-refractivity contribution is 5.96. The summed E-state index contributed by atoms with van der Waals surface area (Å²) in [6.07, 6.45) is -12.0. The molecule has 4 N–H and O–H groups in total. The minimum atomic E-state index is -2.43. The van der Waals surface area contributed by atoms with Gasteiger partial charge in [0.25, 0.3) is 5.91 Å². The Hall–Kier alpha value is -5.94. The van der Waals surface area contributed by atoms with E-state index in [1.54, 1.807) is 92.7 Å². The Morgan fingerprint density at radius 1 is 0.857 bits per heavy atom. The number of rotatable bonds is 10. The number of ketones is 1. The maximum Gasteiger partial charge on any atom is 0.508 e. The maximum absolute atomic E-state index is 15.5. The van der Waals surface area contributed by atoms with E-state index in [1.807, 2.05) is 0 Å². The lowest BCUT2D eigenvalue weighted by atomic mass is 9.44. The van der Waals surface area contributed by atoms with Crippen LogP contribution in [0.4, 0.5) is 4.79 Å². The molecule has 7 rings (SSSR count). The van der Waals surface area contributed by atoms with E-state index in [2.05, 4.69) is 5.32 Å². The summed E-state index contributed by atoms with van der Waals surface area (Å²) < 4.78 is 35.1. The standard InChI is InChI=1S/C47H51NO15/c1-25-30(61-42(55)35(51)34(27-16-10-7-11-17-27)48-40(53)28-18-12-8-13-19-28)23-47(57)39(62-41(54)29-20-14-9-15-21-29)37-45(5,38(52)36(60-26(2)49)33(25)44(47,3)4)31(50)22-32-46(37,24-59-32)63-43(56)58-6/h7-21,30-32,34-37,39,50-51,57H,22-24H2,1-6H3,(H,48,53)/t30-,31-,32+,34-,35+,36+,37-,39-,45+,46-,47+/m0/s1. The summed E-state index contributed by atoms with van der Waals surface area (Å²) in [5.41, 5.74) is -7.35. The summed E-state index contributed by atoms with van der Waals surface area (Å²) in [6.45, 7) is 6.66. The molecule has 1 amide bonds. The van der Waals surface area contributed by atoms with E-state index in [4.69, 9.17) is 28.4 Å². The molecule has 1 heterocycles. The second-order valence-corrected chi connectivity index (χ2v) is 17.3. The molecule has 1 saturated heterocycles. The number of aliphatic hydroxyl groups is 3. The summed E-state index contributed by atoms with van der Waals surface area (Å²) in [6, 6.07) is 22.8. The largest absolute Gasteiger partial charge is 0.508 e. The predicted molar refractivity (Wildman–Crippen MR) is 219 cm³/mol. The highest BCUT2D eigenvalue weighted by Crippen LogP contribution is 2.64. The van der Waals surface area contributed by atoms with Crippen molar-refractivity contribution >= 4 is 35.8 Å². The molecule has 11 atom stereocenters. The Labute approximate surface area is 363 Å². The van der Waals surface area contributed by atoms with Crippen molar-refractivity contribution < 1.29 is 72.5 Å². The molecule has 1 aliphatic heterocycles. The number of carbonyl (C=O) groups is 6. The van der Waals surface area contributed by atoms with Crippen LogP contribution in [0.5, 0.6) is 0 Å². The van der Waals surface area contributed by atoms with Gasteiger partial charge in [-0.3, -0.25) is 14.4 Å². The van der Waals surface area contributed by atoms with Crippen LogP contribution in [-0.2, 0) is 42.8 Å². The molecule has 2 bridgehead atoms. The lowest BCUT2D eigenvalue weighted by Gasteiger charge is -2.67. The third-order valence-corrected chi connectivity index (χ3v) is 13.6. The minimum Gasteiger partial charge on any atom is -0.456 e. The van der Waals surface area contributed by atoms with Crippen LogP contribution in [0, 0.1) is 16.7 Å². The van der Waals surface area contributed by atoms with E-state index in [0.29, 0.717) is 5.56 Å². The first-order chi connectivity index (χ1) is 29.8. The van der Waals surface area contributed by atoms with Crippen molar-refractivity contribution in [1.82, 2.24) is 5.32 Å². The molecule has 16 heteroatoms. The molecule has 0 radical (unpaired) electrons. The summed E-state index contributed by atoms with van der Waals surface area (Å²) in [5.74, 6) is -6.24. The predicted octanol–water partition coefficient (Wildman–Crippen LogP) is 3.96. The Balaban J connectivity index is 1.39. The number of methoxy groups -OCH3 is 1. The van der Waals surface area contributed by atoms with E-state index >= 15 is 4.79 Å². The third kappa shape index (κ3) is 7.58. The zero-order valence-electron chi connectivity index (χ0n) is 35.6. The Morgan fingerprint density at radius 3 is 2.00 bits per heavy atom. The number of hydrogen-bond acceptors (Lipinski definition) is 15. The molecule has 16 nitrogen and oxygen atoms in total. The normalized spacial score (nSPS) is 31.5. The maximum atomic E-state index is 15.5. The van der Waals surface area contributed by atoms with E-state index in [0.717, 1.165) is 14.0 Å². The molecule has 3 fully saturated rings. The van der Waals surface area contributed by atoms with Crippen LogP contribution >= 0.6 is 0 Å². The van der Waals surface area contributed by atoms with Gasteiger partial charge >= 0.3 is 24.1 Å². The molecule has 3 aromatic carbocycles. The highest BCUT2D eigenvalue weighted by atomic mass is 16.8. The summed E-state index contributed by atoms with van der Waals surface area (Å²) >= 11 is 0. The van der Waals surface area contributed by atoms with Crippen molar-refractivity contribution in [1.29, 1.82) is 0 Å². The van der Waals surface area contributed by atoms with Crippen LogP contribution in [0.25, 0.3) is 0 Å². The van der Waals surface area contributed by atoms with E-state index in [-0.39, 0.29) is 35.3 Å². The Kier molecular flexibility index (Phi) is 12.2. The number of carbonyl (C=O) groups excluding carboxylic acids is 6. The number of Topliss-reactive ketones (excluding diaryl/α,β-unsaturated/α-hetero) is 1. The summed E-state index contributed by atoms with van der Waals surface area (Å²) in [4.78, 5) is 83.7. The van der Waals surface area contributed by atoms with Crippen molar-refractivity contribution in [2.24, 2.45) is 16.7 Å². The van der Waals surface area contributed by atoms with E-state index in [9.17, 15) is 39.3 Å². The lowest BCUT2D eigenvalue weighted by Crippen LogP contribution is -2.82. The number of benzene rings is 3. The number of amides is 1. The number of ether oxygens (including phenoxy) is 6. The number of esters is 3. The number of nitrogens with one attached hydrogen (secondary N) is 1. The van der Waals surface area contributed by atoms with Crippen LogP contribution in [0.1, 0.15) is 79.8 Å². The van der Waals surface area contributed by atoms with Crippen LogP contribution in [0.2, 0.25) is 0 Å². The molecule has 3 aliphatic carbocycles. The van der Waals surface area contributed by atoms with Gasteiger partial charge in [-0.15, -0.1) is 0 Å². The first kappa shape index (κ1) is 45.1. The molecule has 334 valence electrons. The van der Waals surface area contributed by atoms with Gasteiger partial charge in [0.05, 0.1) is 42.8 Å². The first-order valence-electron chi connectivity index (χ1n) is 20.6. The second kappa shape index (κ2) is 17.0. The van der Waals surface area contributed by atoms with Gasteiger partial charge in [0, 0.05) is 30.7 Å². The van der Waals surface area contributed by atoms with Crippen LogP contribution in [0.3, 0.4) is 0 Å². The fourth-order valence-corrected chi connectivity index (χ4v) is 10.1. The number of hydrogen-bond donors (Lipinski definition) is 4. The minimum absolute atomic E-state index is 0.0247. The topological polar surface area (TPSA) is 231 Å². The molecule has 63 heavy (non-hydrogen) atoms. The van der Waals surface area contributed by atoms with Crippen molar-refractivity contribution in [3.05, 3.63) is 119 Å². The molecule has 3 aromatic rings. The molecule has 2 saturated carbocycles. The van der Waals surface area contributed by atoms with E-state index < -0.39 is 113 Å². The number of aliphatic hydroxyl groups excluding tert-OH is 2. The fourth-order valence-electron chi connectivity index (χ4n) is 10.1. The smallest absolute Gasteiger partial charge is 0.456 e. The SMILES string of the molecule is COC(=O)O[C@@]12CO[C@@H]1C[C@H](O)[C@@]1(C)C(=O)[C@H](OC(C)=O)C3=C(C)[C@@H](OC(=O)[C@H](O)[C@@H](NC(=O)c4ccccc4)c4ccccc4)C[C@@](O)([C@@H](OC(=O)c4ccccc4)[C@H]21)C3(C)C. The van der Waals surface area contributed by atoms with Gasteiger partial charge in [-0.2, -0.15) is 0 Å². The molecule has 0 aromatic heterocycles. The Bertz CT molecular complexity index is 2300. The summed E-state index contributed by atoms with van der Waals surface area (Å²) in [5, 5.41) is 40.3. The van der Waals surface area contributed by atoms with Gasteiger partial charge in [0.15, 0.2) is 23.6 Å². The molecular weight excluding hydrogens is 819 g/mol. The first-order valence-corrected chi connectivity index (χ1v) is 20.6. The Morgan fingerprint density at radius 2 is 1.44 bits per heavy atom. The van der Waals surface area contributed by atoms with Crippen molar-refractivity contribution in [3.63, 3.8) is 0 Å². The van der Waals surface area contributed by atoms with Gasteiger partial charge in [-0.1, -0.05) is 80.6 Å². The van der Waals surface area contributed by atoms with Gasteiger partial charge in [-0.25, -0.2) is 14.4 Å². The van der Waals surface area contributed by atoms with Crippen molar-refractivity contribution in [2.45, 2.75) is 101 Å². The zero-order chi connectivity index (χ0) is 45.6. The lowest BCUT2D eigenvalue weighted by molar-refractivity contribution is -0.344. The van der Waals surface area contributed by atoms with Gasteiger partial charge in [0.2, 0.25) is 0 Å². The van der Waals surface area contributed by atoms with Gasteiger partial charge in [-0.05, 0) is 54.8 Å². The fraction of sp³-hybridized carbons (Fsp3) is 0.447.